The number of hydrogen-bond acceptors (Lipinski definition) is 1. The van der Waals surface area contributed by atoms with Crippen LogP contribution in [-0.4, -0.2) is 14.4 Å². The van der Waals surface area contributed by atoms with Crippen molar-refractivity contribution in [2.75, 3.05) is 0 Å². The van der Waals surface area contributed by atoms with Crippen molar-refractivity contribution >= 4 is 8.32 Å². The summed E-state index contributed by atoms with van der Waals surface area (Å²) < 4.78 is 6.75. The molecular formula is C24H38OSi. The molecule has 1 nitrogen and oxygen atoms in total. The molecule has 1 aliphatic carbocycles. The van der Waals surface area contributed by atoms with Crippen molar-refractivity contribution < 1.29 is 4.43 Å². The molecule has 0 aromatic heterocycles. The molecule has 0 radical (unpaired) electrons. The molecule has 0 aromatic rings. The van der Waals surface area contributed by atoms with E-state index in [4.69, 9.17) is 4.43 Å². The fourth-order valence-electron chi connectivity index (χ4n) is 3.34. The smallest absolute Gasteiger partial charge is 0.192 e. The summed E-state index contributed by atoms with van der Waals surface area (Å²) in [7, 11) is -1.85. The lowest BCUT2D eigenvalue weighted by Crippen LogP contribution is -2.45. The van der Waals surface area contributed by atoms with Gasteiger partial charge in [0, 0.05) is 12.8 Å². The second kappa shape index (κ2) is 9.61. The third-order valence-corrected chi connectivity index (χ3v) is 10.6. The van der Waals surface area contributed by atoms with Gasteiger partial charge in [-0.25, -0.2) is 0 Å². The summed E-state index contributed by atoms with van der Waals surface area (Å²) in [6.07, 6.45) is 8.00. The van der Waals surface area contributed by atoms with Crippen LogP contribution in [0.15, 0.2) is 42.2 Å². The summed E-state index contributed by atoms with van der Waals surface area (Å²) in [5, 5.41) is 0.195. The lowest BCUT2D eigenvalue weighted by Gasteiger charge is -2.41. The molecule has 0 N–H and O–H groups in total. The molecule has 0 bridgehead atoms. The Balaban J connectivity index is 3.01. The molecule has 0 aliphatic heterocycles. The first-order chi connectivity index (χ1) is 12.0. The Morgan fingerprint density at radius 2 is 1.96 bits per heavy atom. The highest BCUT2D eigenvalue weighted by Crippen LogP contribution is 2.43. The molecule has 2 heteroatoms. The van der Waals surface area contributed by atoms with E-state index in [1.807, 2.05) is 12.2 Å². The van der Waals surface area contributed by atoms with Crippen LogP contribution in [-0.2, 0) is 4.43 Å². The molecule has 0 saturated heterocycles. The average molecular weight is 371 g/mol. The van der Waals surface area contributed by atoms with Crippen molar-refractivity contribution in [3.63, 3.8) is 0 Å². The molecule has 26 heavy (non-hydrogen) atoms. The van der Waals surface area contributed by atoms with Crippen molar-refractivity contribution in [1.82, 2.24) is 0 Å². The fourth-order valence-corrected chi connectivity index (χ4v) is 4.66. The van der Waals surface area contributed by atoms with Gasteiger partial charge in [-0.3, -0.25) is 0 Å². The minimum absolute atomic E-state index is 0.0698. The molecule has 0 amide bonds. The zero-order chi connectivity index (χ0) is 20.0. The van der Waals surface area contributed by atoms with Crippen LogP contribution in [0.25, 0.3) is 0 Å². The van der Waals surface area contributed by atoms with Crippen molar-refractivity contribution in [2.24, 2.45) is 11.8 Å². The molecule has 1 rings (SSSR count). The maximum Gasteiger partial charge on any atom is 0.192 e. The predicted octanol–water partition coefficient (Wildman–Crippen LogP) is 7.05. The van der Waals surface area contributed by atoms with Crippen molar-refractivity contribution in [3.05, 3.63) is 42.2 Å². The van der Waals surface area contributed by atoms with Crippen molar-refractivity contribution in [1.29, 1.82) is 0 Å². The van der Waals surface area contributed by atoms with Gasteiger partial charge in [-0.2, -0.15) is 0 Å². The largest absolute Gasteiger partial charge is 0.410 e. The zero-order valence-corrected chi connectivity index (χ0v) is 19.0. The summed E-state index contributed by atoms with van der Waals surface area (Å²) in [5.41, 5.74) is 6.04. The van der Waals surface area contributed by atoms with Crippen LogP contribution in [0.1, 0.15) is 60.3 Å². The van der Waals surface area contributed by atoms with Crippen molar-refractivity contribution in [3.8, 4) is 11.8 Å². The second-order valence-corrected chi connectivity index (χ2v) is 13.8. The molecule has 3 unspecified atom stereocenters. The topological polar surface area (TPSA) is 9.23 Å². The monoisotopic (exact) mass is 370 g/mol. The van der Waals surface area contributed by atoms with Crippen LogP contribution < -0.4 is 0 Å². The van der Waals surface area contributed by atoms with Gasteiger partial charge < -0.3 is 4.43 Å². The van der Waals surface area contributed by atoms with E-state index in [0.717, 1.165) is 12.8 Å². The Kier molecular flexibility index (Phi) is 8.42. The van der Waals surface area contributed by atoms with Crippen LogP contribution in [0.4, 0.5) is 0 Å². The van der Waals surface area contributed by atoms with Gasteiger partial charge in [-0.1, -0.05) is 63.3 Å². The highest BCUT2D eigenvalue weighted by molar-refractivity contribution is 6.74. The van der Waals surface area contributed by atoms with Gasteiger partial charge in [0.25, 0.3) is 0 Å². The van der Waals surface area contributed by atoms with E-state index >= 15 is 0 Å². The van der Waals surface area contributed by atoms with Crippen LogP contribution in [0.2, 0.25) is 18.1 Å². The zero-order valence-electron chi connectivity index (χ0n) is 18.0. The lowest BCUT2D eigenvalue weighted by molar-refractivity contribution is 0.140. The van der Waals surface area contributed by atoms with E-state index < -0.39 is 8.32 Å². The summed E-state index contributed by atoms with van der Waals surface area (Å²) in [5.74, 6) is 7.48. The molecule has 0 aromatic carbocycles. The van der Waals surface area contributed by atoms with E-state index in [-0.39, 0.29) is 11.1 Å². The first-order valence-electron chi connectivity index (χ1n) is 9.84. The highest BCUT2D eigenvalue weighted by atomic mass is 28.4. The maximum absolute atomic E-state index is 6.75. The van der Waals surface area contributed by atoms with Crippen LogP contribution in [0, 0.1) is 23.7 Å². The average Bonchev–Trinajstić information content (AvgIpc) is 2.90. The molecule has 0 heterocycles. The Bertz CT molecular complexity index is 629. The van der Waals surface area contributed by atoms with Gasteiger partial charge in [0.2, 0.25) is 0 Å². The number of rotatable bonds is 7. The summed E-state index contributed by atoms with van der Waals surface area (Å²) in [4.78, 5) is 0. The third-order valence-electron chi connectivity index (χ3n) is 6.15. The number of allylic oxidation sites excluding steroid dienone is 3. The molecular weight excluding hydrogens is 332 g/mol. The van der Waals surface area contributed by atoms with Gasteiger partial charge in [-0.15, -0.1) is 12.3 Å². The first kappa shape index (κ1) is 22.8. The Hall–Kier alpha value is -1.26. The number of hydrogen-bond donors (Lipinski definition) is 0. The molecule has 1 aliphatic rings. The predicted molar refractivity (Wildman–Crippen MR) is 118 cm³/mol. The van der Waals surface area contributed by atoms with Crippen molar-refractivity contribution in [2.45, 2.75) is 84.5 Å². The minimum atomic E-state index is -1.85. The van der Waals surface area contributed by atoms with Gasteiger partial charge in [0.1, 0.15) is 0 Å². The first-order valence-corrected chi connectivity index (χ1v) is 12.7. The summed E-state index contributed by atoms with van der Waals surface area (Å²) in [6, 6.07) is 0. The summed E-state index contributed by atoms with van der Waals surface area (Å²) in [6.45, 7) is 23.7. The third kappa shape index (κ3) is 5.88. The Morgan fingerprint density at radius 1 is 1.31 bits per heavy atom. The fraction of sp³-hybridized carbons (Fsp3) is 0.625. The van der Waals surface area contributed by atoms with E-state index in [9.17, 15) is 0 Å². The Labute approximate surface area is 163 Å². The highest BCUT2D eigenvalue weighted by Gasteiger charge is 2.41. The normalized spacial score (nSPS) is 20.0. The maximum atomic E-state index is 6.75. The lowest BCUT2D eigenvalue weighted by atomic mass is 9.83. The standard InChI is InChI=1S/C24H38OSi/c1-10-12-13-14-16-21-19(3)17-18-22(21)20(4)23(15-11-2)25-26(8,9)24(5,6)7/h10,15,20,22-23H,1-2,12,16-18H2,3-9H3. The van der Waals surface area contributed by atoms with E-state index in [0.29, 0.717) is 11.8 Å². The molecule has 3 atom stereocenters. The Morgan fingerprint density at radius 3 is 2.50 bits per heavy atom. The van der Waals surface area contributed by atoms with E-state index in [1.54, 1.807) is 0 Å². The SMILES string of the molecule is C=C=CC(O[Si](C)(C)C(C)(C)C)C(C)C1CCC(C)=C1CC#CCC=C. The van der Waals surface area contributed by atoms with Gasteiger partial charge >= 0.3 is 0 Å². The van der Waals surface area contributed by atoms with Gasteiger partial charge in [-0.05, 0) is 55.8 Å². The molecule has 144 valence electrons. The minimum Gasteiger partial charge on any atom is -0.410 e. The van der Waals surface area contributed by atoms with Crippen LogP contribution in [0.5, 0.6) is 0 Å². The quantitative estimate of drug-likeness (QED) is 0.202. The van der Waals surface area contributed by atoms with E-state index in [1.165, 1.54) is 24.0 Å². The second-order valence-electron chi connectivity index (χ2n) is 9.05. The van der Waals surface area contributed by atoms with Crippen LogP contribution >= 0.6 is 0 Å². The molecule has 0 spiro atoms. The molecule has 0 fully saturated rings. The van der Waals surface area contributed by atoms with Crippen LogP contribution in [0.3, 0.4) is 0 Å². The van der Waals surface area contributed by atoms with Gasteiger partial charge in [0.05, 0.1) is 6.10 Å². The van der Waals surface area contributed by atoms with E-state index in [2.05, 4.69) is 78.4 Å². The van der Waals surface area contributed by atoms with Gasteiger partial charge in [0.15, 0.2) is 8.32 Å². The molecule has 0 saturated carbocycles. The summed E-state index contributed by atoms with van der Waals surface area (Å²) >= 11 is 0.